The van der Waals surface area contributed by atoms with Gasteiger partial charge < -0.3 is 24.8 Å². The van der Waals surface area contributed by atoms with E-state index in [1.54, 1.807) is 19.1 Å². The number of nitrogens with zero attached hydrogens (tertiary/aromatic N) is 2. The number of ether oxygens (including phenoxy) is 1. The summed E-state index contributed by atoms with van der Waals surface area (Å²) >= 11 is 6.18. The molecule has 2 N–H and O–H groups in total. The predicted octanol–water partition coefficient (Wildman–Crippen LogP) is 2.90. The van der Waals surface area contributed by atoms with Crippen LogP contribution < -0.4 is 10.2 Å². The molecule has 1 aromatic carbocycles. The van der Waals surface area contributed by atoms with Crippen LogP contribution in [0.1, 0.15) is 39.0 Å². The molecule has 1 aliphatic rings. The van der Waals surface area contributed by atoms with E-state index < -0.39 is 5.97 Å². The zero-order valence-corrected chi connectivity index (χ0v) is 18.9. The quantitative estimate of drug-likeness (QED) is 0.523. The van der Waals surface area contributed by atoms with Crippen LogP contribution in [0, 0.1) is 6.92 Å². The molecule has 0 radical (unpaired) electrons. The van der Waals surface area contributed by atoms with Gasteiger partial charge in [0.05, 0.1) is 36.2 Å². The zero-order valence-electron chi connectivity index (χ0n) is 18.2. The topological polar surface area (TPSA) is 94.7 Å². The molecule has 1 amide bonds. The van der Waals surface area contributed by atoms with E-state index in [2.05, 4.69) is 27.1 Å². The fraction of sp³-hybridized carbons (Fsp3) is 0.409. The molecule has 0 aliphatic carbocycles. The molecule has 31 heavy (non-hydrogen) atoms. The number of amides is 1. The number of aromatic nitrogens is 1. The fourth-order valence-electron chi connectivity index (χ4n) is 3.81. The molecular weight excluding hydrogens is 420 g/mol. The normalized spacial score (nSPS) is 14.4. The van der Waals surface area contributed by atoms with Crippen molar-refractivity contribution in [2.45, 2.75) is 20.3 Å². The molecule has 166 valence electrons. The van der Waals surface area contributed by atoms with Crippen LogP contribution in [0.2, 0.25) is 5.02 Å². The molecule has 8 nitrogen and oxygen atoms in total. The standard InChI is InChI=1S/C22H27ClN4O4/c1-13-20(22(30)31-4)17(25-21(13)14(2)28)12-19(29)24-16-11-15(23)5-6-18(16)27-9-7-26(3)8-10-27/h5-6,11,25H,7-10,12H2,1-4H3,(H,24,29). The molecule has 9 heteroatoms. The van der Waals surface area contributed by atoms with Gasteiger partial charge in [0.1, 0.15) is 0 Å². The van der Waals surface area contributed by atoms with Crippen molar-refractivity contribution < 1.29 is 19.1 Å². The van der Waals surface area contributed by atoms with Gasteiger partial charge in [0, 0.05) is 43.8 Å². The summed E-state index contributed by atoms with van der Waals surface area (Å²) in [6, 6.07) is 5.42. The number of carbonyl (C=O) groups is 3. The van der Waals surface area contributed by atoms with Crippen molar-refractivity contribution in [3.05, 3.63) is 45.7 Å². The Hall–Kier alpha value is -2.84. The predicted molar refractivity (Wildman–Crippen MR) is 120 cm³/mol. The van der Waals surface area contributed by atoms with Crippen LogP contribution in [-0.2, 0) is 16.0 Å². The fourth-order valence-corrected chi connectivity index (χ4v) is 3.98. The van der Waals surface area contributed by atoms with E-state index >= 15 is 0 Å². The maximum Gasteiger partial charge on any atom is 0.339 e. The number of piperazine rings is 1. The molecule has 2 heterocycles. The number of Topliss-reactive ketones (excluding diaryl/α,β-unsaturated/α-hetero) is 1. The Morgan fingerprint density at radius 2 is 1.87 bits per heavy atom. The molecule has 1 fully saturated rings. The number of methoxy groups -OCH3 is 1. The zero-order chi connectivity index (χ0) is 22.7. The van der Waals surface area contributed by atoms with Crippen LogP contribution in [0.5, 0.6) is 0 Å². The summed E-state index contributed by atoms with van der Waals surface area (Å²) in [4.78, 5) is 44.4. The minimum atomic E-state index is -0.593. The first-order chi connectivity index (χ1) is 14.7. The van der Waals surface area contributed by atoms with Crippen molar-refractivity contribution in [2.75, 3.05) is 50.6 Å². The summed E-state index contributed by atoms with van der Waals surface area (Å²) in [6.45, 7) is 6.58. The van der Waals surface area contributed by atoms with E-state index in [0.29, 0.717) is 27.7 Å². The number of benzene rings is 1. The largest absolute Gasteiger partial charge is 0.465 e. The lowest BCUT2D eigenvalue weighted by atomic mass is 10.1. The highest BCUT2D eigenvalue weighted by molar-refractivity contribution is 6.31. The number of likely N-dealkylation sites (N-methyl/N-ethyl adjacent to an activating group) is 1. The second-order valence-electron chi connectivity index (χ2n) is 7.70. The average Bonchev–Trinajstić information content (AvgIpc) is 3.04. The first kappa shape index (κ1) is 22.8. The smallest absolute Gasteiger partial charge is 0.339 e. The van der Waals surface area contributed by atoms with Gasteiger partial charge in [-0.3, -0.25) is 9.59 Å². The van der Waals surface area contributed by atoms with Gasteiger partial charge in [-0.05, 0) is 37.7 Å². The van der Waals surface area contributed by atoms with Crippen LogP contribution in [0.15, 0.2) is 18.2 Å². The van der Waals surface area contributed by atoms with Gasteiger partial charge in [-0.15, -0.1) is 0 Å². The third-order valence-electron chi connectivity index (χ3n) is 5.48. The van der Waals surface area contributed by atoms with Crippen LogP contribution >= 0.6 is 11.6 Å². The molecule has 3 rings (SSSR count). The summed E-state index contributed by atoms with van der Waals surface area (Å²) in [5, 5.41) is 3.43. The summed E-state index contributed by atoms with van der Waals surface area (Å²) in [5.41, 5.74) is 2.83. The Balaban J connectivity index is 1.85. The molecule has 1 aromatic heterocycles. The molecule has 0 unspecified atom stereocenters. The van der Waals surface area contributed by atoms with Crippen molar-refractivity contribution in [3.8, 4) is 0 Å². The summed E-state index contributed by atoms with van der Waals surface area (Å²) in [5.74, 6) is -1.15. The number of carbonyl (C=O) groups excluding carboxylic acids is 3. The lowest BCUT2D eigenvalue weighted by molar-refractivity contribution is -0.115. The van der Waals surface area contributed by atoms with E-state index in [1.807, 2.05) is 6.07 Å². The molecule has 0 spiro atoms. The number of hydrogen-bond donors (Lipinski definition) is 2. The van der Waals surface area contributed by atoms with Gasteiger partial charge in [0.15, 0.2) is 5.78 Å². The van der Waals surface area contributed by atoms with Crippen molar-refractivity contribution in [3.63, 3.8) is 0 Å². The number of anilines is 2. The van der Waals surface area contributed by atoms with Gasteiger partial charge in [-0.1, -0.05) is 11.6 Å². The molecule has 1 saturated heterocycles. The highest BCUT2D eigenvalue weighted by Gasteiger charge is 2.25. The SMILES string of the molecule is COC(=O)c1c(CC(=O)Nc2cc(Cl)ccc2N2CCN(C)CC2)[nH]c(C(C)=O)c1C. The molecular formula is C22H27ClN4O4. The molecule has 2 aromatic rings. The summed E-state index contributed by atoms with van der Waals surface area (Å²) < 4.78 is 4.84. The first-order valence-corrected chi connectivity index (χ1v) is 10.4. The minimum absolute atomic E-state index is 0.118. The van der Waals surface area contributed by atoms with Gasteiger partial charge in [0.2, 0.25) is 5.91 Å². The highest BCUT2D eigenvalue weighted by Crippen LogP contribution is 2.30. The molecule has 0 bridgehead atoms. The van der Waals surface area contributed by atoms with E-state index in [4.69, 9.17) is 16.3 Å². The second kappa shape index (κ2) is 9.53. The number of aromatic amines is 1. The second-order valence-corrected chi connectivity index (χ2v) is 8.14. The number of rotatable bonds is 6. The maximum atomic E-state index is 12.9. The molecule has 0 atom stereocenters. The third kappa shape index (κ3) is 5.08. The Morgan fingerprint density at radius 1 is 1.19 bits per heavy atom. The van der Waals surface area contributed by atoms with Crippen LogP contribution in [0.3, 0.4) is 0 Å². The van der Waals surface area contributed by atoms with E-state index in [1.165, 1.54) is 14.0 Å². The van der Waals surface area contributed by atoms with Crippen LogP contribution in [0.25, 0.3) is 0 Å². The average molecular weight is 447 g/mol. The first-order valence-electron chi connectivity index (χ1n) is 10.0. The Bertz CT molecular complexity index is 1010. The van der Waals surface area contributed by atoms with Crippen LogP contribution in [-0.4, -0.2) is 67.9 Å². The van der Waals surface area contributed by atoms with Gasteiger partial charge >= 0.3 is 5.97 Å². The van der Waals surface area contributed by atoms with Gasteiger partial charge in [0.25, 0.3) is 0 Å². The van der Waals surface area contributed by atoms with Gasteiger partial charge in [-0.2, -0.15) is 0 Å². The van der Waals surface area contributed by atoms with Crippen molar-refractivity contribution in [1.82, 2.24) is 9.88 Å². The Labute approximate surface area is 186 Å². The summed E-state index contributed by atoms with van der Waals surface area (Å²) in [6.07, 6.45) is -0.118. The molecule has 1 aliphatic heterocycles. The van der Waals surface area contributed by atoms with Crippen LogP contribution in [0.4, 0.5) is 11.4 Å². The number of ketones is 1. The highest BCUT2D eigenvalue weighted by atomic mass is 35.5. The number of halogens is 1. The number of nitrogens with one attached hydrogen (secondary N) is 2. The van der Waals surface area contributed by atoms with E-state index in [9.17, 15) is 14.4 Å². The number of esters is 1. The van der Waals surface area contributed by atoms with E-state index in [0.717, 1.165) is 31.9 Å². The Morgan fingerprint density at radius 3 is 2.48 bits per heavy atom. The van der Waals surface area contributed by atoms with E-state index in [-0.39, 0.29) is 23.7 Å². The maximum absolute atomic E-state index is 12.9. The van der Waals surface area contributed by atoms with Crippen molar-refractivity contribution >= 4 is 40.6 Å². The lowest BCUT2D eigenvalue weighted by Crippen LogP contribution is -2.44. The lowest BCUT2D eigenvalue weighted by Gasteiger charge is -2.35. The van der Waals surface area contributed by atoms with Gasteiger partial charge in [-0.25, -0.2) is 4.79 Å². The number of H-pyrrole nitrogens is 1. The minimum Gasteiger partial charge on any atom is -0.465 e. The van der Waals surface area contributed by atoms with Crippen molar-refractivity contribution in [2.24, 2.45) is 0 Å². The summed E-state index contributed by atoms with van der Waals surface area (Å²) in [7, 11) is 3.34. The number of hydrogen-bond acceptors (Lipinski definition) is 6. The monoisotopic (exact) mass is 446 g/mol. The van der Waals surface area contributed by atoms with Crippen molar-refractivity contribution in [1.29, 1.82) is 0 Å². The Kier molecular flexibility index (Phi) is 7.02. The third-order valence-corrected chi connectivity index (χ3v) is 5.72. The molecule has 0 saturated carbocycles.